The van der Waals surface area contributed by atoms with Gasteiger partial charge in [-0.15, -0.1) is 0 Å². The van der Waals surface area contributed by atoms with Gasteiger partial charge >= 0.3 is 0 Å². The molecule has 27 heavy (non-hydrogen) atoms. The topological polar surface area (TPSA) is 6.48 Å². The number of hydrogen-bond donors (Lipinski definition) is 0. The second-order valence-corrected chi connectivity index (χ2v) is 11.1. The van der Waals surface area contributed by atoms with Gasteiger partial charge in [0.1, 0.15) is 0 Å². The van der Waals surface area contributed by atoms with Crippen LogP contribution in [0.3, 0.4) is 0 Å². The molecule has 0 atom stereocenters. The van der Waals surface area contributed by atoms with Crippen LogP contribution in [0.5, 0.6) is 0 Å². The van der Waals surface area contributed by atoms with Crippen LogP contribution in [-0.2, 0) is 0 Å². The SMILES string of the molecule is CC1(C)CC(c2ccccc2N2CCN(C3CCCC3)CC2)CC(C)(C)C1. The van der Waals surface area contributed by atoms with Crippen molar-refractivity contribution in [2.45, 2.75) is 84.6 Å². The lowest BCUT2D eigenvalue weighted by atomic mass is 9.60. The molecule has 0 radical (unpaired) electrons. The van der Waals surface area contributed by atoms with E-state index in [4.69, 9.17) is 0 Å². The Morgan fingerprint density at radius 2 is 1.41 bits per heavy atom. The van der Waals surface area contributed by atoms with E-state index in [0.717, 1.165) is 6.04 Å². The first-order valence-electron chi connectivity index (χ1n) is 11.4. The standard InChI is InChI=1S/C25H40N2/c1-24(2)17-20(18-25(3,4)19-24)22-11-7-8-12-23(22)27-15-13-26(14-16-27)21-9-5-6-10-21/h7-8,11-12,20-21H,5-6,9-10,13-19H2,1-4H3. The molecule has 0 spiro atoms. The minimum absolute atomic E-state index is 0.445. The number of hydrogen-bond acceptors (Lipinski definition) is 2. The maximum atomic E-state index is 2.78. The second-order valence-electron chi connectivity index (χ2n) is 11.1. The summed E-state index contributed by atoms with van der Waals surface area (Å²) in [7, 11) is 0. The molecule has 0 amide bonds. The Morgan fingerprint density at radius 3 is 2.04 bits per heavy atom. The summed E-state index contributed by atoms with van der Waals surface area (Å²) in [5.41, 5.74) is 4.04. The maximum absolute atomic E-state index is 2.78. The number of piperazine rings is 1. The third-order valence-electron chi connectivity index (χ3n) is 7.43. The molecule has 3 fully saturated rings. The van der Waals surface area contributed by atoms with E-state index in [-0.39, 0.29) is 0 Å². The number of para-hydroxylation sites is 1. The van der Waals surface area contributed by atoms with E-state index in [0.29, 0.717) is 16.7 Å². The number of anilines is 1. The minimum Gasteiger partial charge on any atom is -0.369 e. The quantitative estimate of drug-likeness (QED) is 0.639. The molecule has 1 aliphatic heterocycles. The Labute approximate surface area is 167 Å². The molecular weight excluding hydrogens is 328 g/mol. The fraction of sp³-hybridized carbons (Fsp3) is 0.760. The number of nitrogens with zero attached hydrogens (tertiary/aromatic N) is 2. The Bertz CT molecular complexity index is 617. The van der Waals surface area contributed by atoms with Crippen molar-refractivity contribution in [1.82, 2.24) is 4.90 Å². The summed E-state index contributed by atoms with van der Waals surface area (Å²) in [6, 6.07) is 10.2. The Morgan fingerprint density at radius 1 is 0.815 bits per heavy atom. The van der Waals surface area contributed by atoms with Crippen molar-refractivity contribution >= 4 is 5.69 Å². The molecule has 1 aromatic rings. The van der Waals surface area contributed by atoms with Crippen molar-refractivity contribution in [3.05, 3.63) is 29.8 Å². The molecule has 1 saturated heterocycles. The van der Waals surface area contributed by atoms with Crippen LogP contribution >= 0.6 is 0 Å². The summed E-state index contributed by atoms with van der Waals surface area (Å²) in [5.74, 6) is 0.702. The van der Waals surface area contributed by atoms with Crippen LogP contribution < -0.4 is 4.90 Å². The van der Waals surface area contributed by atoms with Gasteiger partial charge in [-0.3, -0.25) is 4.90 Å². The first-order valence-corrected chi connectivity index (χ1v) is 11.4. The van der Waals surface area contributed by atoms with Crippen molar-refractivity contribution in [3.8, 4) is 0 Å². The lowest BCUT2D eigenvalue weighted by molar-refractivity contribution is 0.0969. The fourth-order valence-corrected chi connectivity index (χ4v) is 6.78. The number of rotatable bonds is 3. The number of benzene rings is 1. The zero-order valence-electron chi connectivity index (χ0n) is 18.1. The van der Waals surface area contributed by atoms with Crippen LogP contribution in [0.25, 0.3) is 0 Å². The van der Waals surface area contributed by atoms with E-state index in [1.165, 1.54) is 76.8 Å². The summed E-state index contributed by atoms with van der Waals surface area (Å²) >= 11 is 0. The molecule has 2 nitrogen and oxygen atoms in total. The second kappa shape index (κ2) is 7.43. The van der Waals surface area contributed by atoms with E-state index < -0.39 is 0 Å². The highest BCUT2D eigenvalue weighted by Gasteiger charge is 2.40. The first kappa shape index (κ1) is 19.3. The van der Waals surface area contributed by atoms with Crippen molar-refractivity contribution in [1.29, 1.82) is 0 Å². The molecule has 0 aromatic heterocycles. The molecular formula is C25H40N2. The van der Waals surface area contributed by atoms with Crippen LogP contribution in [0.15, 0.2) is 24.3 Å². The van der Waals surface area contributed by atoms with Crippen molar-refractivity contribution in [3.63, 3.8) is 0 Å². The monoisotopic (exact) mass is 368 g/mol. The highest BCUT2D eigenvalue weighted by molar-refractivity contribution is 5.56. The van der Waals surface area contributed by atoms with Gasteiger partial charge in [0.05, 0.1) is 0 Å². The van der Waals surface area contributed by atoms with Gasteiger partial charge < -0.3 is 4.90 Å². The van der Waals surface area contributed by atoms with Gasteiger partial charge in [-0.2, -0.15) is 0 Å². The molecule has 2 aliphatic carbocycles. The molecule has 0 bridgehead atoms. The van der Waals surface area contributed by atoms with Gasteiger partial charge in [-0.05, 0) is 60.5 Å². The van der Waals surface area contributed by atoms with Crippen LogP contribution in [0.1, 0.15) is 84.1 Å². The molecule has 1 aromatic carbocycles. The maximum Gasteiger partial charge on any atom is 0.0402 e. The molecule has 2 heteroatoms. The molecule has 0 N–H and O–H groups in total. The van der Waals surface area contributed by atoms with Gasteiger partial charge in [-0.25, -0.2) is 0 Å². The summed E-state index contributed by atoms with van der Waals surface area (Å²) in [6.45, 7) is 14.8. The normalized spacial score (nSPS) is 27.2. The van der Waals surface area contributed by atoms with Gasteiger partial charge in [0.25, 0.3) is 0 Å². The zero-order chi connectivity index (χ0) is 19.1. The molecule has 3 aliphatic rings. The molecule has 150 valence electrons. The minimum atomic E-state index is 0.445. The summed E-state index contributed by atoms with van der Waals surface area (Å²) in [4.78, 5) is 5.47. The average Bonchev–Trinajstić information content (AvgIpc) is 3.14. The van der Waals surface area contributed by atoms with Gasteiger partial charge in [0, 0.05) is 37.9 Å². The van der Waals surface area contributed by atoms with E-state index >= 15 is 0 Å². The van der Waals surface area contributed by atoms with E-state index in [9.17, 15) is 0 Å². The molecule has 0 unspecified atom stereocenters. The summed E-state index contributed by atoms with van der Waals surface area (Å²) < 4.78 is 0. The summed E-state index contributed by atoms with van der Waals surface area (Å²) in [5, 5.41) is 0. The van der Waals surface area contributed by atoms with Crippen LogP contribution in [0.2, 0.25) is 0 Å². The predicted octanol–water partition coefficient (Wildman–Crippen LogP) is 6.07. The highest BCUT2D eigenvalue weighted by atomic mass is 15.3. The first-order chi connectivity index (χ1) is 12.8. The fourth-order valence-electron chi connectivity index (χ4n) is 6.78. The van der Waals surface area contributed by atoms with Crippen LogP contribution in [0, 0.1) is 10.8 Å². The highest BCUT2D eigenvalue weighted by Crippen LogP contribution is 2.53. The lowest BCUT2D eigenvalue weighted by Gasteiger charge is -2.46. The Balaban J connectivity index is 1.50. The Hall–Kier alpha value is -1.02. The lowest BCUT2D eigenvalue weighted by Crippen LogP contribution is -2.50. The Kier molecular flexibility index (Phi) is 5.31. The van der Waals surface area contributed by atoms with Crippen molar-refractivity contribution in [2.24, 2.45) is 10.8 Å². The zero-order valence-corrected chi connectivity index (χ0v) is 18.1. The molecule has 2 saturated carbocycles. The van der Waals surface area contributed by atoms with Crippen molar-refractivity contribution < 1.29 is 0 Å². The predicted molar refractivity (Wildman–Crippen MR) is 117 cm³/mol. The van der Waals surface area contributed by atoms with E-state index in [2.05, 4.69) is 61.8 Å². The van der Waals surface area contributed by atoms with Crippen LogP contribution in [-0.4, -0.2) is 37.1 Å². The van der Waals surface area contributed by atoms with Crippen LogP contribution in [0.4, 0.5) is 5.69 Å². The van der Waals surface area contributed by atoms with Gasteiger partial charge in [0.15, 0.2) is 0 Å². The van der Waals surface area contributed by atoms with E-state index in [1.54, 1.807) is 5.56 Å². The van der Waals surface area contributed by atoms with Gasteiger partial charge in [0.2, 0.25) is 0 Å². The van der Waals surface area contributed by atoms with E-state index in [1.807, 2.05) is 0 Å². The average molecular weight is 369 g/mol. The molecule has 1 heterocycles. The largest absolute Gasteiger partial charge is 0.369 e. The van der Waals surface area contributed by atoms with Gasteiger partial charge in [-0.1, -0.05) is 58.7 Å². The summed E-state index contributed by atoms with van der Waals surface area (Å²) in [6.07, 6.45) is 9.76. The third kappa shape index (κ3) is 4.36. The molecule has 4 rings (SSSR count). The third-order valence-corrected chi connectivity index (χ3v) is 7.43. The van der Waals surface area contributed by atoms with Crippen molar-refractivity contribution in [2.75, 3.05) is 31.1 Å². The smallest absolute Gasteiger partial charge is 0.0402 e.